The molecule has 0 heterocycles. The van der Waals surface area contributed by atoms with Gasteiger partial charge >= 0.3 is 0 Å². The van der Waals surface area contributed by atoms with Crippen LogP contribution >= 0.6 is 0 Å². The highest BCUT2D eigenvalue weighted by atomic mass is 32.2. The van der Waals surface area contributed by atoms with Crippen LogP contribution in [0.25, 0.3) is 0 Å². The molecule has 0 saturated heterocycles. The summed E-state index contributed by atoms with van der Waals surface area (Å²) in [5, 5.41) is 9.17. The van der Waals surface area contributed by atoms with Crippen LogP contribution in [0.5, 0.6) is 0 Å². The zero-order valence-corrected chi connectivity index (χ0v) is 12.4. The van der Waals surface area contributed by atoms with Crippen LogP contribution in [0.15, 0.2) is 23.1 Å². The monoisotopic (exact) mass is 299 g/mol. The molecule has 0 aromatic heterocycles. The van der Waals surface area contributed by atoms with E-state index >= 15 is 0 Å². The maximum absolute atomic E-state index is 12.0. The van der Waals surface area contributed by atoms with Crippen LogP contribution in [0.2, 0.25) is 0 Å². The first-order valence-electron chi connectivity index (χ1n) is 6.76. The quantitative estimate of drug-likeness (QED) is 0.638. The van der Waals surface area contributed by atoms with Crippen LogP contribution in [0.4, 0.5) is 11.4 Å². The lowest BCUT2D eigenvalue weighted by Gasteiger charge is -2.25. The summed E-state index contributed by atoms with van der Waals surface area (Å²) in [6, 6.07) is 5.04. The number of nitrogens with two attached hydrogens (primary N) is 1. The molecule has 0 amide bonds. The highest BCUT2D eigenvalue weighted by Gasteiger charge is 2.30. The molecule has 1 saturated carbocycles. The fraction of sp³-hybridized carbons (Fsp3) is 0.538. The van der Waals surface area contributed by atoms with Gasteiger partial charge in [0.05, 0.1) is 22.9 Å². The van der Waals surface area contributed by atoms with Gasteiger partial charge in [-0.05, 0) is 31.0 Å². The molecule has 112 valence electrons. The maximum Gasteiger partial charge on any atom is 0.240 e. The second-order valence-corrected chi connectivity index (χ2v) is 6.64. The lowest BCUT2D eigenvalue weighted by molar-refractivity contribution is 0.301. The number of hydrogen-bond donors (Lipinski definition) is 3. The highest BCUT2D eigenvalue weighted by molar-refractivity contribution is 7.89. The molecule has 2 rings (SSSR count). The van der Waals surface area contributed by atoms with Crippen LogP contribution in [0.1, 0.15) is 19.8 Å². The van der Waals surface area contributed by atoms with E-state index in [1.54, 1.807) is 19.1 Å². The number of anilines is 2. The van der Waals surface area contributed by atoms with Crippen molar-refractivity contribution in [1.29, 1.82) is 0 Å². The van der Waals surface area contributed by atoms with Crippen molar-refractivity contribution in [2.75, 3.05) is 30.3 Å². The minimum Gasteiger partial charge on any atom is -0.397 e. The summed E-state index contributed by atoms with van der Waals surface area (Å²) in [7, 11) is -3.50. The molecule has 0 aliphatic heterocycles. The number of hydrogen-bond acceptors (Lipinski definition) is 5. The van der Waals surface area contributed by atoms with Crippen LogP contribution in [-0.4, -0.2) is 39.3 Å². The number of benzene rings is 1. The van der Waals surface area contributed by atoms with Crippen LogP contribution < -0.4 is 15.4 Å². The Kier molecular flexibility index (Phi) is 4.52. The maximum atomic E-state index is 12.0. The Hall–Kier alpha value is -1.31. The van der Waals surface area contributed by atoms with E-state index in [2.05, 4.69) is 4.72 Å². The lowest BCUT2D eigenvalue weighted by Crippen LogP contribution is -2.30. The minimum absolute atomic E-state index is 0.0140. The van der Waals surface area contributed by atoms with E-state index in [-0.39, 0.29) is 11.5 Å². The first-order valence-corrected chi connectivity index (χ1v) is 8.24. The zero-order valence-electron chi connectivity index (χ0n) is 11.5. The largest absolute Gasteiger partial charge is 0.397 e. The van der Waals surface area contributed by atoms with Gasteiger partial charge in [-0.1, -0.05) is 6.92 Å². The minimum atomic E-state index is -3.50. The summed E-state index contributed by atoms with van der Waals surface area (Å²) >= 11 is 0. The normalized spacial score (nSPS) is 15.3. The van der Waals surface area contributed by atoms with Gasteiger partial charge in [0, 0.05) is 19.1 Å². The van der Waals surface area contributed by atoms with Gasteiger partial charge in [0.25, 0.3) is 0 Å². The second kappa shape index (κ2) is 5.99. The Morgan fingerprint density at radius 2 is 2.15 bits per heavy atom. The van der Waals surface area contributed by atoms with E-state index in [1.165, 1.54) is 6.07 Å². The Labute approximate surface area is 119 Å². The number of nitrogen functional groups attached to an aromatic ring is 1. The van der Waals surface area contributed by atoms with Crippen molar-refractivity contribution in [3.8, 4) is 0 Å². The topological polar surface area (TPSA) is 95.7 Å². The number of sulfonamides is 1. The zero-order chi connectivity index (χ0) is 14.8. The second-order valence-electron chi connectivity index (χ2n) is 4.87. The van der Waals surface area contributed by atoms with Crippen molar-refractivity contribution >= 4 is 21.4 Å². The van der Waals surface area contributed by atoms with Gasteiger partial charge in [0.1, 0.15) is 0 Å². The van der Waals surface area contributed by atoms with Gasteiger partial charge < -0.3 is 15.7 Å². The van der Waals surface area contributed by atoms with Gasteiger partial charge in [-0.3, -0.25) is 0 Å². The average molecular weight is 299 g/mol. The van der Waals surface area contributed by atoms with E-state index in [9.17, 15) is 8.42 Å². The van der Waals surface area contributed by atoms with E-state index in [0.29, 0.717) is 30.5 Å². The van der Waals surface area contributed by atoms with E-state index < -0.39 is 10.0 Å². The van der Waals surface area contributed by atoms with Crippen LogP contribution in [0.3, 0.4) is 0 Å². The fourth-order valence-electron chi connectivity index (χ4n) is 2.21. The average Bonchev–Trinajstić information content (AvgIpc) is 3.21. The molecule has 1 aliphatic rings. The first-order chi connectivity index (χ1) is 9.49. The Morgan fingerprint density at radius 1 is 1.45 bits per heavy atom. The van der Waals surface area contributed by atoms with Gasteiger partial charge in [-0.25, -0.2) is 13.1 Å². The van der Waals surface area contributed by atoms with Crippen molar-refractivity contribution in [1.82, 2.24) is 4.72 Å². The molecule has 0 unspecified atom stereocenters. The number of nitrogens with one attached hydrogen (secondary N) is 1. The van der Waals surface area contributed by atoms with Crippen LogP contribution in [-0.2, 0) is 10.0 Å². The van der Waals surface area contributed by atoms with E-state index in [1.807, 2.05) is 4.90 Å². The molecular formula is C13H21N3O3S. The van der Waals surface area contributed by atoms with Crippen molar-refractivity contribution in [2.45, 2.75) is 30.7 Å². The number of aliphatic hydroxyl groups is 1. The summed E-state index contributed by atoms with van der Waals surface area (Å²) < 4.78 is 26.5. The van der Waals surface area contributed by atoms with Gasteiger partial charge in [-0.2, -0.15) is 0 Å². The number of nitrogens with zero attached hydrogens (tertiary/aromatic N) is 1. The predicted molar refractivity (Wildman–Crippen MR) is 79.2 cm³/mol. The molecule has 0 spiro atoms. The molecule has 7 heteroatoms. The summed E-state index contributed by atoms with van der Waals surface area (Å²) in [5.41, 5.74) is 7.17. The summed E-state index contributed by atoms with van der Waals surface area (Å²) in [6.07, 6.45) is 2.09. The third-order valence-corrected chi connectivity index (χ3v) is 4.83. The molecule has 20 heavy (non-hydrogen) atoms. The van der Waals surface area contributed by atoms with Crippen molar-refractivity contribution in [3.05, 3.63) is 18.2 Å². The molecule has 6 nitrogen and oxygen atoms in total. The fourth-order valence-corrected chi connectivity index (χ4v) is 3.27. The Balaban J connectivity index is 2.37. The Bertz CT molecular complexity index is 570. The Morgan fingerprint density at radius 3 is 2.70 bits per heavy atom. The molecule has 1 aromatic rings. The number of aliphatic hydroxyl groups excluding tert-OH is 1. The molecule has 1 fully saturated rings. The number of rotatable bonds is 7. The molecule has 0 radical (unpaired) electrons. The molecular weight excluding hydrogens is 278 g/mol. The third-order valence-electron chi connectivity index (χ3n) is 3.28. The molecule has 0 bridgehead atoms. The predicted octanol–water partition coefficient (Wildman–Crippen LogP) is 0.528. The van der Waals surface area contributed by atoms with E-state index in [4.69, 9.17) is 10.8 Å². The summed E-state index contributed by atoms with van der Waals surface area (Å²) in [4.78, 5) is 2.19. The van der Waals surface area contributed by atoms with Crippen molar-refractivity contribution in [2.24, 2.45) is 0 Å². The first kappa shape index (κ1) is 15.1. The standard InChI is InChI=1S/C13H21N3O3S/c1-2-15-20(18,19)11-5-6-12(14)13(9-11)16(7-8-17)10-3-4-10/h5-6,9-10,15,17H,2-4,7-8,14H2,1H3. The molecule has 1 aliphatic carbocycles. The van der Waals surface area contributed by atoms with Crippen molar-refractivity contribution in [3.63, 3.8) is 0 Å². The molecule has 4 N–H and O–H groups in total. The summed E-state index contributed by atoms with van der Waals surface area (Å²) in [5.74, 6) is 0. The highest BCUT2D eigenvalue weighted by Crippen LogP contribution is 2.35. The SMILES string of the molecule is CCNS(=O)(=O)c1ccc(N)c(N(CCO)C2CC2)c1. The van der Waals surface area contributed by atoms with Gasteiger partial charge in [0.2, 0.25) is 10.0 Å². The smallest absolute Gasteiger partial charge is 0.240 e. The van der Waals surface area contributed by atoms with Crippen molar-refractivity contribution < 1.29 is 13.5 Å². The van der Waals surface area contributed by atoms with Gasteiger partial charge in [0.15, 0.2) is 0 Å². The van der Waals surface area contributed by atoms with Gasteiger partial charge in [-0.15, -0.1) is 0 Å². The summed E-state index contributed by atoms with van der Waals surface area (Å²) in [6.45, 7) is 2.54. The lowest BCUT2D eigenvalue weighted by atomic mass is 10.2. The van der Waals surface area contributed by atoms with Crippen LogP contribution in [0, 0.1) is 0 Å². The van der Waals surface area contributed by atoms with E-state index in [0.717, 1.165) is 12.8 Å². The molecule has 1 aromatic carbocycles. The third kappa shape index (κ3) is 3.23. The molecule has 0 atom stereocenters.